The number of hydrogen-bond donors (Lipinski definition) is 5. The number of quaternary nitrogens is 1. The van der Waals surface area contributed by atoms with Crippen LogP contribution in [0.5, 0.6) is 0 Å². The van der Waals surface area contributed by atoms with E-state index in [-0.39, 0.29) is 6.15 Å². The number of carbonyl (C=O) groups is 1. The second-order valence-electron chi connectivity index (χ2n) is 2.85. The molecule has 0 amide bonds. The molecule has 2 atom stereocenters. The minimum Gasteiger partial charge on any atom is -0.870 e. The van der Waals surface area contributed by atoms with Crippen LogP contribution in [0, 0.1) is 0 Å². The van der Waals surface area contributed by atoms with E-state index in [1.54, 1.807) is 0 Å². The van der Waals surface area contributed by atoms with E-state index in [2.05, 4.69) is 9.26 Å². The van der Waals surface area contributed by atoms with Crippen molar-refractivity contribution in [2.24, 2.45) is 0 Å². The highest BCUT2D eigenvalue weighted by Gasteiger charge is 2.37. The Hall–Kier alpha value is -1.16. The zero-order valence-electron chi connectivity index (χ0n) is 8.64. The number of cyclic esters (lactones) is 1. The first-order valence-electron chi connectivity index (χ1n) is 3.92. The number of aliphatic hydroxyl groups excluding tert-OH is 2. The highest BCUT2D eigenvalue weighted by molar-refractivity contribution is 7.46. The van der Waals surface area contributed by atoms with Crippen LogP contribution in [0.15, 0.2) is 11.5 Å². The van der Waals surface area contributed by atoms with Gasteiger partial charge < -0.3 is 30.7 Å². The van der Waals surface area contributed by atoms with Crippen LogP contribution in [0.1, 0.15) is 0 Å². The Morgan fingerprint density at radius 3 is 2.47 bits per heavy atom. The fraction of sp³-hybridized carbons (Fsp3) is 0.500. The Labute approximate surface area is 94.9 Å². The van der Waals surface area contributed by atoms with Gasteiger partial charge in [-0.3, -0.25) is 9.79 Å². The maximum Gasteiger partial charge on any atom is 0.525 e. The Bertz CT molecular complexity index is 374. The number of phosphoric acid groups is 1. The molecule has 0 aromatic carbocycles. The molecule has 0 fully saturated rings. The Balaban J connectivity index is 0.00000256. The van der Waals surface area contributed by atoms with Gasteiger partial charge >= 0.3 is 13.8 Å². The lowest BCUT2D eigenvalue weighted by molar-refractivity contribution is -0.323. The van der Waals surface area contributed by atoms with Crippen LogP contribution in [-0.4, -0.2) is 44.8 Å². The average molecular weight is 273 g/mol. The zero-order valence-corrected chi connectivity index (χ0v) is 9.53. The fourth-order valence-electron chi connectivity index (χ4n) is 1.00. The van der Waals surface area contributed by atoms with Gasteiger partial charge in [-0.05, 0) is 5.76 Å². The normalized spacial score (nSPS) is 21.9. The van der Waals surface area contributed by atoms with Crippen molar-refractivity contribution in [3.05, 3.63) is 11.5 Å². The van der Waals surface area contributed by atoms with Crippen molar-refractivity contribution in [2.75, 3.05) is 6.61 Å². The van der Waals surface area contributed by atoms with Gasteiger partial charge in [0.1, 0.15) is 12.2 Å². The minimum atomic E-state index is -5.06. The van der Waals surface area contributed by atoms with Gasteiger partial charge in [0.2, 0.25) is 5.76 Å². The molecule has 8 N–H and O–H groups in total. The summed E-state index contributed by atoms with van der Waals surface area (Å²) in [6.45, 7) is -0.854. The van der Waals surface area contributed by atoms with Crippen LogP contribution in [0.25, 0.3) is 0 Å². The maximum atomic E-state index is 11.3. The standard InChI is InChI=1S/C6H9O9P.H3N/c7-1-2(8)4-3(9)5(6(10)14-4)15-16(11,12)13;/h2,4,7-9H,1H2,(H2,11,12,13);1H3/t2-,4+;/m0./s1. The monoisotopic (exact) mass is 273 g/mol. The summed E-state index contributed by atoms with van der Waals surface area (Å²) in [5.41, 5.74) is 0. The summed E-state index contributed by atoms with van der Waals surface area (Å²) in [5, 5.41) is 28.8. The first-order chi connectivity index (χ1) is 7.26. The molecule has 0 saturated heterocycles. The molecular weight excluding hydrogens is 261 g/mol. The van der Waals surface area contributed by atoms with Gasteiger partial charge in [-0.2, -0.15) is 0 Å². The molecule has 10 nitrogen and oxygen atoms in total. The molecule has 0 bridgehead atoms. The van der Waals surface area contributed by atoms with Crippen molar-refractivity contribution >= 4 is 13.8 Å². The summed E-state index contributed by atoms with van der Waals surface area (Å²) >= 11 is 0. The number of carbonyl (C=O) groups excluding carboxylic acids is 1. The summed E-state index contributed by atoms with van der Waals surface area (Å²) in [6, 6.07) is 0. The van der Waals surface area contributed by atoms with Crippen LogP contribution < -0.4 is 11.3 Å². The number of ether oxygens (including phenoxy) is 1. The van der Waals surface area contributed by atoms with Crippen LogP contribution in [0.4, 0.5) is 0 Å². The summed E-state index contributed by atoms with van der Waals surface area (Å²) < 4.78 is 18.5. The van der Waals surface area contributed by atoms with Gasteiger partial charge in [-0.15, -0.1) is 0 Å². The van der Waals surface area contributed by atoms with Crippen LogP contribution in [0.2, 0.25) is 0 Å². The number of esters is 1. The van der Waals surface area contributed by atoms with Crippen molar-refractivity contribution in [3.63, 3.8) is 0 Å². The topological polar surface area (TPSA) is 193 Å². The van der Waals surface area contributed by atoms with E-state index in [0.29, 0.717) is 0 Å². The molecule has 0 unspecified atom stereocenters. The van der Waals surface area contributed by atoms with Gasteiger partial charge in [0, 0.05) is 0 Å². The molecule has 1 aliphatic rings. The molecule has 1 rings (SSSR count). The van der Waals surface area contributed by atoms with E-state index in [1.807, 2.05) is 0 Å². The molecule has 11 heteroatoms. The van der Waals surface area contributed by atoms with Crippen molar-refractivity contribution in [2.45, 2.75) is 12.2 Å². The molecule has 0 radical (unpaired) electrons. The Morgan fingerprint density at radius 1 is 1.53 bits per heavy atom. The average Bonchev–Trinajstić information content (AvgIpc) is 2.42. The van der Waals surface area contributed by atoms with Gasteiger partial charge in [0.15, 0.2) is 0 Å². The van der Waals surface area contributed by atoms with E-state index in [0.717, 1.165) is 0 Å². The van der Waals surface area contributed by atoms with E-state index in [4.69, 9.17) is 20.0 Å². The highest BCUT2D eigenvalue weighted by Crippen LogP contribution is 2.41. The third kappa shape index (κ3) is 3.66. The van der Waals surface area contributed by atoms with E-state index < -0.39 is 44.1 Å². The Morgan fingerprint density at radius 2 is 2.06 bits per heavy atom. The third-order valence-corrected chi connectivity index (χ3v) is 2.07. The second kappa shape index (κ2) is 5.45. The molecule has 0 spiro atoms. The molecule has 0 aromatic rings. The molecule has 1 heterocycles. The lowest BCUT2D eigenvalue weighted by Gasteiger charge is -2.20. The lowest BCUT2D eigenvalue weighted by atomic mass is 10.2. The quantitative estimate of drug-likeness (QED) is 0.268. The SMILES string of the molecule is O=C1O[C@H]([C@@H](O)CO)C([O-])=C1OP(=O)(O)O.[NH4+]. The Kier molecular flexibility index (Phi) is 5.08. The zero-order chi connectivity index (χ0) is 12.5. The molecule has 0 aromatic heterocycles. The largest absolute Gasteiger partial charge is 0.870 e. The highest BCUT2D eigenvalue weighted by atomic mass is 31.2. The fourth-order valence-corrected chi connectivity index (χ4v) is 1.40. The number of phosphoric ester groups is 1. The molecule has 100 valence electrons. The van der Waals surface area contributed by atoms with Crippen LogP contribution in [0.3, 0.4) is 0 Å². The minimum absolute atomic E-state index is 0. The van der Waals surface area contributed by atoms with E-state index in [9.17, 15) is 14.5 Å². The summed E-state index contributed by atoms with van der Waals surface area (Å²) in [5.74, 6) is -3.81. The van der Waals surface area contributed by atoms with Gasteiger partial charge in [0.25, 0.3) is 0 Å². The first-order valence-corrected chi connectivity index (χ1v) is 5.45. The van der Waals surface area contributed by atoms with Crippen LogP contribution >= 0.6 is 7.82 Å². The van der Waals surface area contributed by atoms with Crippen molar-refractivity contribution in [1.29, 1.82) is 0 Å². The van der Waals surface area contributed by atoms with Gasteiger partial charge in [-0.1, -0.05) is 0 Å². The number of aliphatic hydroxyl groups is 2. The summed E-state index contributed by atoms with van der Waals surface area (Å²) in [4.78, 5) is 27.7. The molecule has 0 saturated carbocycles. The van der Waals surface area contributed by atoms with E-state index >= 15 is 0 Å². The summed E-state index contributed by atoms with van der Waals surface area (Å²) in [6.07, 6.45) is -3.38. The van der Waals surface area contributed by atoms with Crippen molar-refractivity contribution in [3.8, 4) is 0 Å². The first kappa shape index (κ1) is 15.8. The van der Waals surface area contributed by atoms with Gasteiger partial charge in [0.05, 0.1) is 6.61 Å². The third-order valence-electron chi connectivity index (χ3n) is 1.65. The lowest BCUT2D eigenvalue weighted by Crippen LogP contribution is -2.35. The predicted molar refractivity (Wildman–Crippen MR) is 49.1 cm³/mol. The molecule has 1 aliphatic heterocycles. The number of rotatable bonds is 4. The maximum absolute atomic E-state index is 11.3. The summed E-state index contributed by atoms with van der Waals surface area (Å²) in [7, 11) is -5.06. The van der Waals surface area contributed by atoms with Crippen molar-refractivity contribution in [1.82, 2.24) is 6.15 Å². The second-order valence-corrected chi connectivity index (χ2v) is 4.01. The molecule has 17 heavy (non-hydrogen) atoms. The number of hydrogen-bond acceptors (Lipinski definition) is 7. The van der Waals surface area contributed by atoms with Gasteiger partial charge in [-0.25, -0.2) is 9.36 Å². The molecule has 0 aliphatic carbocycles. The van der Waals surface area contributed by atoms with Crippen molar-refractivity contribution < 1.29 is 43.7 Å². The smallest absolute Gasteiger partial charge is 0.525 e. The van der Waals surface area contributed by atoms with Crippen LogP contribution in [-0.2, 0) is 18.6 Å². The predicted octanol–water partition coefficient (Wildman–Crippen LogP) is -2.68. The molecular formula is C6H12NO9P. The van der Waals surface area contributed by atoms with E-state index in [1.165, 1.54) is 0 Å².